The molecule has 0 saturated heterocycles. The number of nitrogens with two attached hydrogens (primary N) is 1. The number of hydrogen-bond donors (Lipinski definition) is 2. The zero-order chi connectivity index (χ0) is 13.1. The lowest BCUT2D eigenvalue weighted by Crippen LogP contribution is -2.04. The maximum Gasteiger partial charge on any atom is 0.198 e. The van der Waals surface area contributed by atoms with E-state index in [2.05, 4.69) is 10.2 Å². The fourth-order valence-corrected chi connectivity index (χ4v) is 1.62. The smallest absolute Gasteiger partial charge is 0.198 e. The summed E-state index contributed by atoms with van der Waals surface area (Å²) in [7, 11) is 3.05. The van der Waals surface area contributed by atoms with Gasteiger partial charge < -0.3 is 15.2 Å². The van der Waals surface area contributed by atoms with Crippen molar-refractivity contribution in [3.8, 4) is 11.5 Å². The Morgan fingerprint density at radius 2 is 2.00 bits per heavy atom. The van der Waals surface area contributed by atoms with E-state index in [1.807, 2.05) is 0 Å². The normalized spacial score (nSPS) is 10.1. The number of benzene rings is 1. The molecule has 0 aliphatic rings. The number of carbonyl (C=O) groups is 1. The highest BCUT2D eigenvalue weighted by molar-refractivity contribution is 6.11. The molecule has 18 heavy (non-hydrogen) atoms. The number of rotatable bonds is 4. The number of methoxy groups -OCH3 is 2. The first-order valence-corrected chi connectivity index (χ1v) is 5.23. The van der Waals surface area contributed by atoms with Gasteiger partial charge in [0.1, 0.15) is 0 Å². The number of aromatic amines is 1. The first-order valence-electron chi connectivity index (χ1n) is 5.23. The van der Waals surface area contributed by atoms with E-state index in [-0.39, 0.29) is 11.6 Å². The molecule has 0 spiro atoms. The summed E-state index contributed by atoms with van der Waals surface area (Å²) in [5, 5.41) is 6.26. The van der Waals surface area contributed by atoms with Crippen LogP contribution in [0.25, 0.3) is 0 Å². The lowest BCUT2D eigenvalue weighted by molar-refractivity contribution is 0.103. The van der Waals surface area contributed by atoms with Gasteiger partial charge >= 0.3 is 0 Å². The zero-order valence-electron chi connectivity index (χ0n) is 10.1. The van der Waals surface area contributed by atoms with Crippen molar-refractivity contribution in [1.82, 2.24) is 10.2 Å². The Bertz CT molecular complexity index is 578. The van der Waals surface area contributed by atoms with Gasteiger partial charge in [-0.05, 0) is 18.2 Å². The topological polar surface area (TPSA) is 90.2 Å². The molecule has 0 fully saturated rings. The van der Waals surface area contributed by atoms with Crippen LogP contribution in [0.2, 0.25) is 0 Å². The van der Waals surface area contributed by atoms with E-state index < -0.39 is 0 Å². The summed E-state index contributed by atoms with van der Waals surface area (Å²) in [6.07, 6.45) is 1.47. The molecule has 1 heterocycles. The SMILES string of the molecule is COc1ccc(C(=O)c2c[nH]nc2N)cc1OC. The van der Waals surface area contributed by atoms with Gasteiger partial charge in [-0.1, -0.05) is 0 Å². The second-order valence-corrected chi connectivity index (χ2v) is 3.58. The highest BCUT2D eigenvalue weighted by Crippen LogP contribution is 2.28. The van der Waals surface area contributed by atoms with Gasteiger partial charge in [0.15, 0.2) is 23.1 Å². The molecule has 94 valence electrons. The van der Waals surface area contributed by atoms with Crippen LogP contribution in [0.4, 0.5) is 5.82 Å². The monoisotopic (exact) mass is 247 g/mol. The van der Waals surface area contributed by atoms with E-state index in [0.29, 0.717) is 22.6 Å². The molecule has 0 aliphatic carbocycles. The van der Waals surface area contributed by atoms with E-state index in [9.17, 15) is 4.79 Å². The van der Waals surface area contributed by atoms with E-state index in [0.717, 1.165) is 0 Å². The maximum absolute atomic E-state index is 12.2. The average Bonchev–Trinajstić information content (AvgIpc) is 2.83. The summed E-state index contributed by atoms with van der Waals surface area (Å²) in [5.41, 5.74) is 6.38. The van der Waals surface area contributed by atoms with Crippen molar-refractivity contribution in [2.45, 2.75) is 0 Å². The Balaban J connectivity index is 2.40. The van der Waals surface area contributed by atoms with Crippen molar-refractivity contribution >= 4 is 11.6 Å². The minimum atomic E-state index is -0.220. The second kappa shape index (κ2) is 4.79. The molecule has 0 bridgehead atoms. The average molecular weight is 247 g/mol. The van der Waals surface area contributed by atoms with Crippen LogP contribution in [0.1, 0.15) is 15.9 Å². The third kappa shape index (κ3) is 2.00. The fourth-order valence-electron chi connectivity index (χ4n) is 1.62. The molecule has 1 aromatic carbocycles. The van der Waals surface area contributed by atoms with Gasteiger partial charge in [-0.15, -0.1) is 0 Å². The van der Waals surface area contributed by atoms with Crippen LogP contribution in [-0.4, -0.2) is 30.2 Å². The minimum absolute atomic E-state index is 0.176. The Morgan fingerprint density at radius 1 is 1.28 bits per heavy atom. The number of hydrogen-bond acceptors (Lipinski definition) is 5. The Labute approximate surface area is 104 Å². The molecule has 0 saturated carbocycles. The molecule has 2 rings (SSSR count). The summed E-state index contributed by atoms with van der Waals surface area (Å²) in [6, 6.07) is 4.92. The van der Waals surface area contributed by atoms with Crippen molar-refractivity contribution < 1.29 is 14.3 Å². The molecule has 0 atom stereocenters. The van der Waals surface area contributed by atoms with E-state index in [1.165, 1.54) is 20.4 Å². The molecule has 0 unspecified atom stereocenters. The number of H-pyrrole nitrogens is 1. The van der Waals surface area contributed by atoms with Gasteiger partial charge in [-0.3, -0.25) is 9.89 Å². The molecular formula is C12H13N3O3. The van der Waals surface area contributed by atoms with Gasteiger partial charge in [0.05, 0.1) is 19.8 Å². The number of nitrogen functional groups attached to an aromatic ring is 1. The number of nitrogens with zero attached hydrogens (tertiary/aromatic N) is 1. The van der Waals surface area contributed by atoms with Crippen molar-refractivity contribution in [2.24, 2.45) is 0 Å². The predicted octanol–water partition coefficient (Wildman–Crippen LogP) is 1.24. The molecule has 2 aromatic rings. The number of ether oxygens (including phenoxy) is 2. The van der Waals surface area contributed by atoms with Crippen LogP contribution in [-0.2, 0) is 0 Å². The quantitative estimate of drug-likeness (QED) is 0.793. The Kier molecular flexibility index (Phi) is 3.18. The van der Waals surface area contributed by atoms with Crippen molar-refractivity contribution in [2.75, 3.05) is 20.0 Å². The number of aromatic nitrogens is 2. The molecule has 6 heteroatoms. The van der Waals surface area contributed by atoms with Crippen LogP contribution >= 0.6 is 0 Å². The lowest BCUT2D eigenvalue weighted by Gasteiger charge is -2.08. The van der Waals surface area contributed by atoms with Crippen LogP contribution in [0.5, 0.6) is 11.5 Å². The number of nitrogens with one attached hydrogen (secondary N) is 1. The molecular weight excluding hydrogens is 234 g/mol. The molecule has 3 N–H and O–H groups in total. The van der Waals surface area contributed by atoms with Crippen LogP contribution in [0.3, 0.4) is 0 Å². The van der Waals surface area contributed by atoms with Crippen molar-refractivity contribution in [3.05, 3.63) is 35.5 Å². The predicted molar refractivity (Wildman–Crippen MR) is 66.0 cm³/mol. The van der Waals surface area contributed by atoms with Gasteiger partial charge in [-0.25, -0.2) is 0 Å². The Morgan fingerprint density at radius 3 is 2.56 bits per heavy atom. The van der Waals surface area contributed by atoms with Gasteiger partial charge in [-0.2, -0.15) is 5.10 Å². The minimum Gasteiger partial charge on any atom is -0.493 e. The number of ketones is 1. The summed E-state index contributed by atoms with van der Waals surface area (Å²) >= 11 is 0. The second-order valence-electron chi connectivity index (χ2n) is 3.58. The van der Waals surface area contributed by atoms with Gasteiger partial charge in [0, 0.05) is 11.8 Å². The highest BCUT2D eigenvalue weighted by Gasteiger charge is 2.16. The first kappa shape index (κ1) is 12.0. The lowest BCUT2D eigenvalue weighted by atomic mass is 10.1. The van der Waals surface area contributed by atoms with Crippen LogP contribution < -0.4 is 15.2 Å². The van der Waals surface area contributed by atoms with Crippen LogP contribution in [0, 0.1) is 0 Å². The van der Waals surface area contributed by atoms with Gasteiger partial charge in [0.2, 0.25) is 0 Å². The highest BCUT2D eigenvalue weighted by atomic mass is 16.5. The van der Waals surface area contributed by atoms with Crippen molar-refractivity contribution in [1.29, 1.82) is 0 Å². The summed E-state index contributed by atoms with van der Waals surface area (Å²) in [5.74, 6) is 1.01. The molecule has 0 radical (unpaired) electrons. The third-order valence-electron chi connectivity index (χ3n) is 2.56. The number of anilines is 1. The third-order valence-corrected chi connectivity index (χ3v) is 2.56. The molecule has 6 nitrogen and oxygen atoms in total. The largest absolute Gasteiger partial charge is 0.493 e. The standard InChI is InChI=1S/C12H13N3O3/c1-17-9-4-3-7(5-10(9)18-2)11(16)8-6-14-15-12(8)13/h3-6H,1-2H3,(H3,13,14,15). The fraction of sp³-hybridized carbons (Fsp3) is 0.167. The summed E-state index contributed by atoms with van der Waals surface area (Å²) in [4.78, 5) is 12.2. The van der Waals surface area contributed by atoms with Crippen LogP contribution in [0.15, 0.2) is 24.4 Å². The Hall–Kier alpha value is -2.50. The molecule has 0 aliphatic heterocycles. The molecule has 1 aromatic heterocycles. The van der Waals surface area contributed by atoms with E-state index >= 15 is 0 Å². The summed E-state index contributed by atoms with van der Waals surface area (Å²) in [6.45, 7) is 0. The maximum atomic E-state index is 12.2. The first-order chi connectivity index (χ1) is 8.67. The summed E-state index contributed by atoms with van der Waals surface area (Å²) < 4.78 is 10.2. The van der Waals surface area contributed by atoms with E-state index in [4.69, 9.17) is 15.2 Å². The zero-order valence-corrected chi connectivity index (χ0v) is 10.1. The number of carbonyl (C=O) groups excluding carboxylic acids is 1. The van der Waals surface area contributed by atoms with Crippen molar-refractivity contribution in [3.63, 3.8) is 0 Å². The van der Waals surface area contributed by atoms with E-state index in [1.54, 1.807) is 18.2 Å². The van der Waals surface area contributed by atoms with Gasteiger partial charge in [0.25, 0.3) is 0 Å². The molecule has 0 amide bonds.